The van der Waals surface area contributed by atoms with Crippen molar-refractivity contribution in [2.24, 2.45) is 0 Å². The average Bonchev–Trinajstić information content (AvgIpc) is 3.07. The van der Waals surface area contributed by atoms with Crippen molar-refractivity contribution < 1.29 is 4.74 Å². The van der Waals surface area contributed by atoms with Crippen LogP contribution in [-0.4, -0.2) is 35.7 Å². The van der Waals surface area contributed by atoms with Crippen LogP contribution in [0.1, 0.15) is 5.56 Å². The predicted octanol–water partition coefficient (Wildman–Crippen LogP) is 3.32. The number of fused-ring (bicyclic) bond motifs is 3. The first-order chi connectivity index (χ1) is 13.1. The molecule has 0 amide bonds. The Balaban J connectivity index is 1.76. The maximum absolute atomic E-state index is 13.0. The van der Waals surface area contributed by atoms with Crippen molar-refractivity contribution in [3.63, 3.8) is 0 Å². The average molecular weight is 380 g/mol. The van der Waals surface area contributed by atoms with E-state index in [9.17, 15) is 4.79 Å². The molecule has 0 radical (unpaired) electrons. The lowest BCUT2D eigenvalue weighted by Crippen LogP contribution is -2.21. The second-order valence-corrected chi connectivity index (χ2v) is 7.49. The van der Waals surface area contributed by atoms with Gasteiger partial charge in [0.1, 0.15) is 15.3 Å². The van der Waals surface area contributed by atoms with E-state index in [0.717, 1.165) is 32.7 Å². The molecule has 4 rings (SSSR count). The van der Waals surface area contributed by atoms with Gasteiger partial charge in [-0.05, 0) is 24.1 Å². The minimum atomic E-state index is -0.0254. The normalized spacial score (nSPS) is 11.2. The lowest BCUT2D eigenvalue weighted by molar-refractivity contribution is 0.408. The van der Waals surface area contributed by atoms with Gasteiger partial charge >= 0.3 is 0 Å². The maximum Gasteiger partial charge on any atom is 0.271 e. The predicted molar refractivity (Wildman–Crippen MR) is 110 cm³/mol. The number of thiophene rings is 1. The summed E-state index contributed by atoms with van der Waals surface area (Å²) in [5.41, 5.74) is 2.79. The zero-order chi connectivity index (χ0) is 19.0. The van der Waals surface area contributed by atoms with Gasteiger partial charge < -0.3 is 9.64 Å². The number of ether oxygens (including phenoxy) is 1. The van der Waals surface area contributed by atoms with E-state index in [4.69, 9.17) is 4.74 Å². The minimum Gasteiger partial charge on any atom is -0.496 e. The van der Waals surface area contributed by atoms with Gasteiger partial charge in [0.25, 0.3) is 5.56 Å². The quantitative estimate of drug-likeness (QED) is 0.532. The minimum absolute atomic E-state index is 0.0254. The number of nitrogens with zero attached hydrogens (tertiary/aromatic N) is 4. The SMILES string of the molecule is COc1ccccc1CCn1cnc2c(sc3nccc(N(C)C)c32)c1=O. The molecular weight excluding hydrogens is 360 g/mol. The van der Waals surface area contributed by atoms with E-state index in [1.807, 2.05) is 49.3 Å². The summed E-state index contributed by atoms with van der Waals surface area (Å²) in [7, 11) is 5.62. The van der Waals surface area contributed by atoms with Crippen molar-refractivity contribution in [2.75, 3.05) is 26.1 Å². The molecule has 3 heterocycles. The van der Waals surface area contributed by atoms with Gasteiger partial charge in [-0.3, -0.25) is 9.36 Å². The first-order valence-electron chi connectivity index (χ1n) is 8.66. The number of benzene rings is 1. The van der Waals surface area contributed by atoms with Gasteiger partial charge in [0.2, 0.25) is 0 Å². The Morgan fingerprint density at radius 1 is 1.19 bits per heavy atom. The van der Waals surface area contributed by atoms with Crippen molar-refractivity contribution in [1.82, 2.24) is 14.5 Å². The summed E-state index contributed by atoms with van der Waals surface area (Å²) < 4.78 is 7.71. The second-order valence-electron chi connectivity index (χ2n) is 6.49. The Hall–Kier alpha value is -2.93. The van der Waals surface area contributed by atoms with Crippen molar-refractivity contribution in [1.29, 1.82) is 0 Å². The zero-order valence-electron chi connectivity index (χ0n) is 15.5. The van der Waals surface area contributed by atoms with E-state index >= 15 is 0 Å². The molecule has 0 saturated heterocycles. The van der Waals surface area contributed by atoms with Gasteiger partial charge in [-0.2, -0.15) is 0 Å². The number of hydrogen-bond acceptors (Lipinski definition) is 6. The number of para-hydroxylation sites is 1. The Morgan fingerprint density at radius 2 is 2.00 bits per heavy atom. The Labute approximate surface area is 160 Å². The molecule has 6 nitrogen and oxygen atoms in total. The molecule has 3 aromatic heterocycles. The molecule has 27 heavy (non-hydrogen) atoms. The molecule has 138 valence electrons. The standard InChI is InChI=1S/C20H20N4O2S/c1-23(2)14-8-10-21-19-16(14)17-18(27-19)20(25)24(12-22-17)11-9-13-6-4-5-7-15(13)26-3/h4-8,10,12H,9,11H2,1-3H3. The third-order valence-electron chi connectivity index (χ3n) is 4.62. The molecule has 0 spiro atoms. The van der Waals surface area contributed by atoms with E-state index in [-0.39, 0.29) is 5.56 Å². The lowest BCUT2D eigenvalue weighted by Gasteiger charge is -2.13. The van der Waals surface area contributed by atoms with Crippen LogP contribution in [0.15, 0.2) is 47.7 Å². The van der Waals surface area contributed by atoms with Crippen LogP contribution < -0.4 is 15.2 Å². The fraction of sp³-hybridized carbons (Fsp3) is 0.250. The van der Waals surface area contributed by atoms with Gasteiger partial charge in [-0.25, -0.2) is 9.97 Å². The summed E-state index contributed by atoms with van der Waals surface area (Å²) in [6.07, 6.45) is 4.11. The fourth-order valence-corrected chi connectivity index (χ4v) is 4.32. The molecule has 1 aromatic carbocycles. The van der Waals surface area contributed by atoms with E-state index < -0.39 is 0 Å². The fourth-order valence-electron chi connectivity index (χ4n) is 3.25. The second kappa shape index (κ2) is 7.00. The van der Waals surface area contributed by atoms with Crippen LogP contribution in [0.4, 0.5) is 5.69 Å². The van der Waals surface area contributed by atoms with E-state index in [0.29, 0.717) is 17.7 Å². The topological polar surface area (TPSA) is 60.2 Å². The number of pyridine rings is 1. The van der Waals surface area contributed by atoms with Crippen LogP contribution in [0.25, 0.3) is 20.4 Å². The first kappa shape index (κ1) is 17.5. The third kappa shape index (κ3) is 3.04. The summed E-state index contributed by atoms with van der Waals surface area (Å²) in [6.45, 7) is 0.546. The van der Waals surface area contributed by atoms with Crippen LogP contribution in [0, 0.1) is 0 Å². The summed E-state index contributed by atoms with van der Waals surface area (Å²) in [5.74, 6) is 0.835. The van der Waals surface area contributed by atoms with Crippen LogP contribution in [0.3, 0.4) is 0 Å². The Kier molecular flexibility index (Phi) is 4.53. The Morgan fingerprint density at radius 3 is 2.78 bits per heavy atom. The van der Waals surface area contributed by atoms with Gasteiger partial charge in [-0.15, -0.1) is 11.3 Å². The van der Waals surface area contributed by atoms with Crippen LogP contribution >= 0.6 is 11.3 Å². The highest BCUT2D eigenvalue weighted by Crippen LogP contribution is 2.35. The number of rotatable bonds is 5. The summed E-state index contributed by atoms with van der Waals surface area (Å²) in [5, 5.41) is 0.941. The van der Waals surface area contributed by atoms with Crippen molar-refractivity contribution in [3.05, 3.63) is 58.8 Å². The molecule has 0 unspecified atom stereocenters. The smallest absolute Gasteiger partial charge is 0.271 e. The van der Waals surface area contributed by atoms with Crippen LogP contribution in [0.5, 0.6) is 5.75 Å². The van der Waals surface area contributed by atoms with E-state index in [1.165, 1.54) is 11.3 Å². The summed E-state index contributed by atoms with van der Waals surface area (Å²) in [6, 6.07) is 9.81. The maximum atomic E-state index is 13.0. The molecule has 0 N–H and O–H groups in total. The molecule has 7 heteroatoms. The van der Waals surface area contributed by atoms with E-state index in [2.05, 4.69) is 9.97 Å². The molecule has 0 atom stereocenters. The molecule has 4 aromatic rings. The lowest BCUT2D eigenvalue weighted by atomic mass is 10.1. The molecule has 0 aliphatic heterocycles. The van der Waals surface area contributed by atoms with Crippen molar-refractivity contribution in [3.8, 4) is 5.75 Å². The number of aromatic nitrogens is 3. The largest absolute Gasteiger partial charge is 0.496 e. The monoisotopic (exact) mass is 380 g/mol. The number of anilines is 1. The van der Waals surface area contributed by atoms with Crippen molar-refractivity contribution >= 4 is 37.5 Å². The highest BCUT2D eigenvalue weighted by molar-refractivity contribution is 7.25. The summed E-state index contributed by atoms with van der Waals surface area (Å²) in [4.78, 5) is 24.9. The first-order valence-corrected chi connectivity index (χ1v) is 9.47. The highest BCUT2D eigenvalue weighted by Gasteiger charge is 2.16. The van der Waals surface area contributed by atoms with Gasteiger partial charge in [-0.1, -0.05) is 18.2 Å². The number of methoxy groups -OCH3 is 1. The van der Waals surface area contributed by atoms with Gasteiger partial charge in [0.15, 0.2) is 0 Å². The molecule has 0 aliphatic rings. The Bertz CT molecular complexity index is 1180. The highest BCUT2D eigenvalue weighted by atomic mass is 32.1. The molecule has 0 bridgehead atoms. The van der Waals surface area contributed by atoms with E-state index in [1.54, 1.807) is 24.2 Å². The zero-order valence-corrected chi connectivity index (χ0v) is 16.3. The third-order valence-corrected chi connectivity index (χ3v) is 5.70. The molecule has 0 saturated carbocycles. The van der Waals surface area contributed by atoms with Crippen LogP contribution in [-0.2, 0) is 13.0 Å². The number of aryl methyl sites for hydroxylation is 2. The van der Waals surface area contributed by atoms with Crippen LogP contribution in [0.2, 0.25) is 0 Å². The molecule has 0 aliphatic carbocycles. The molecule has 0 fully saturated rings. The van der Waals surface area contributed by atoms with Crippen molar-refractivity contribution in [2.45, 2.75) is 13.0 Å². The summed E-state index contributed by atoms with van der Waals surface area (Å²) >= 11 is 1.41. The number of hydrogen-bond donors (Lipinski definition) is 0. The van der Waals surface area contributed by atoms with Gasteiger partial charge in [0, 0.05) is 26.8 Å². The van der Waals surface area contributed by atoms with Gasteiger partial charge in [0.05, 0.1) is 30.0 Å². The molecular formula is C20H20N4O2S.